The van der Waals surface area contributed by atoms with E-state index in [4.69, 9.17) is 4.74 Å². The number of ether oxygens (including phenoxy) is 1. The minimum atomic E-state index is -0.124. The number of fused-ring (bicyclic) bond motifs is 1. The van der Waals surface area contributed by atoms with Gasteiger partial charge in [0.1, 0.15) is 11.5 Å². The van der Waals surface area contributed by atoms with Crippen molar-refractivity contribution in [2.75, 3.05) is 19.7 Å². The van der Waals surface area contributed by atoms with Crippen LogP contribution in [-0.2, 0) is 9.59 Å². The van der Waals surface area contributed by atoms with Gasteiger partial charge in [-0.2, -0.15) is 0 Å². The van der Waals surface area contributed by atoms with Gasteiger partial charge in [0.25, 0.3) is 0 Å². The molecule has 4 nitrogen and oxygen atoms in total. The topological polar surface area (TPSA) is 46.6 Å². The van der Waals surface area contributed by atoms with Crippen LogP contribution in [0.15, 0.2) is 24.3 Å². The molecule has 2 unspecified atom stereocenters. The Hall–Kier alpha value is -1.84. The largest absolute Gasteiger partial charge is 0.493 e. The zero-order valence-electron chi connectivity index (χ0n) is 12.4. The summed E-state index contributed by atoms with van der Waals surface area (Å²) >= 11 is 0. The summed E-state index contributed by atoms with van der Waals surface area (Å²) < 4.78 is 5.63. The molecule has 0 bridgehead atoms. The molecule has 3 rings (SSSR count). The maximum absolute atomic E-state index is 12.8. The molecular formula is C17H21NO3. The third-order valence-corrected chi connectivity index (χ3v) is 4.59. The second kappa shape index (κ2) is 5.88. The molecule has 2 aliphatic rings. The Balaban J connectivity index is 1.79. The summed E-state index contributed by atoms with van der Waals surface area (Å²) in [6, 6.07) is 7.77. The van der Waals surface area contributed by atoms with Crippen molar-refractivity contribution in [3.8, 4) is 5.75 Å². The minimum absolute atomic E-state index is 0.0118. The molecule has 2 heterocycles. The average Bonchev–Trinajstić information content (AvgIpc) is 2.54. The average molecular weight is 287 g/mol. The Morgan fingerprint density at radius 3 is 3.00 bits per heavy atom. The monoisotopic (exact) mass is 287 g/mol. The number of amides is 1. The summed E-state index contributed by atoms with van der Waals surface area (Å²) in [6.07, 6.45) is 2.03. The van der Waals surface area contributed by atoms with E-state index in [1.807, 2.05) is 36.1 Å². The molecule has 1 fully saturated rings. The van der Waals surface area contributed by atoms with E-state index < -0.39 is 0 Å². The van der Waals surface area contributed by atoms with E-state index in [9.17, 15) is 9.59 Å². The van der Waals surface area contributed by atoms with E-state index >= 15 is 0 Å². The predicted octanol–water partition coefficient (Wildman–Crippen LogP) is 2.38. The van der Waals surface area contributed by atoms with Crippen molar-refractivity contribution in [3.63, 3.8) is 0 Å². The van der Waals surface area contributed by atoms with Gasteiger partial charge in [-0.25, -0.2) is 0 Å². The van der Waals surface area contributed by atoms with Crippen molar-refractivity contribution in [1.82, 2.24) is 4.90 Å². The van der Waals surface area contributed by atoms with Gasteiger partial charge in [-0.05, 0) is 18.9 Å². The first-order valence-corrected chi connectivity index (χ1v) is 7.74. The molecule has 1 aromatic carbocycles. The van der Waals surface area contributed by atoms with Crippen molar-refractivity contribution >= 4 is 11.7 Å². The van der Waals surface area contributed by atoms with Crippen molar-refractivity contribution in [2.45, 2.75) is 32.1 Å². The summed E-state index contributed by atoms with van der Waals surface area (Å²) in [6.45, 7) is 3.74. The zero-order valence-corrected chi connectivity index (χ0v) is 12.4. The van der Waals surface area contributed by atoms with E-state index in [-0.39, 0.29) is 17.7 Å². The van der Waals surface area contributed by atoms with E-state index in [1.54, 1.807) is 0 Å². The number of likely N-dealkylation sites (tertiary alicyclic amines) is 1. The molecule has 2 aliphatic heterocycles. The molecule has 112 valence electrons. The fourth-order valence-electron chi connectivity index (χ4n) is 3.28. The van der Waals surface area contributed by atoms with Gasteiger partial charge in [0, 0.05) is 31.0 Å². The number of Topliss-reactive ketones (excluding diaryl/α,β-unsaturated/α-hetero) is 1. The quantitative estimate of drug-likeness (QED) is 0.839. The standard InChI is InChI=1S/C17H21NO3/c1-2-12-11-18(9-7-15(12)19)17(20)14-8-10-21-16-6-4-3-5-13(14)16/h3-6,12,14H,2,7-11H2,1H3. The second-order valence-electron chi connectivity index (χ2n) is 5.83. The fraction of sp³-hybridized carbons (Fsp3) is 0.529. The Morgan fingerprint density at radius 2 is 2.19 bits per heavy atom. The maximum Gasteiger partial charge on any atom is 0.230 e. The van der Waals surface area contributed by atoms with Gasteiger partial charge in [0.05, 0.1) is 12.5 Å². The van der Waals surface area contributed by atoms with Crippen molar-refractivity contribution in [3.05, 3.63) is 29.8 Å². The van der Waals surface area contributed by atoms with Crippen LogP contribution >= 0.6 is 0 Å². The highest BCUT2D eigenvalue weighted by Crippen LogP contribution is 2.35. The van der Waals surface area contributed by atoms with Gasteiger partial charge in [0.15, 0.2) is 0 Å². The van der Waals surface area contributed by atoms with Crippen LogP contribution in [0.2, 0.25) is 0 Å². The van der Waals surface area contributed by atoms with Gasteiger partial charge in [0.2, 0.25) is 5.91 Å². The summed E-state index contributed by atoms with van der Waals surface area (Å²) in [5.41, 5.74) is 0.985. The van der Waals surface area contributed by atoms with Crippen LogP contribution in [0.5, 0.6) is 5.75 Å². The van der Waals surface area contributed by atoms with Gasteiger partial charge < -0.3 is 9.64 Å². The van der Waals surface area contributed by atoms with E-state index in [0.29, 0.717) is 31.9 Å². The van der Waals surface area contributed by atoms with Crippen LogP contribution in [0.3, 0.4) is 0 Å². The van der Waals surface area contributed by atoms with Gasteiger partial charge in [-0.1, -0.05) is 25.1 Å². The molecule has 1 saturated heterocycles. The lowest BCUT2D eigenvalue weighted by atomic mass is 9.89. The number of carbonyl (C=O) groups is 2. The van der Waals surface area contributed by atoms with Crippen molar-refractivity contribution in [2.24, 2.45) is 5.92 Å². The number of ketones is 1. The van der Waals surface area contributed by atoms with Crippen molar-refractivity contribution < 1.29 is 14.3 Å². The number of nitrogens with zero attached hydrogens (tertiary/aromatic N) is 1. The molecular weight excluding hydrogens is 266 g/mol. The number of para-hydroxylation sites is 1. The lowest BCUT2D eigenvalue weighted by molar-refractivity contribution is -0.139. The first-order valence-electron chi connectivity index (χ1n) is 7.74. The zero-order chi connectivity index (χ0) is 14.8. The van der Waals surface area contributed by atoms with Crippen LogP contribution in [-0.4, -0.2) is 36.3 Å². The Bertz CT molecular complexity index is 555. The Labute approximate surface area is 125 Å². The molecule has 1 aromatic rings. The van der Waals surface area contributed by atoms with E-state index in [1.165, 1.54) is 0 Å². The van der Waals surface area contributed by atoms with E-state index in [0.717, 1.165) is 24.2 Å². The third-order valence-electron chi connectivity index (χ3n) is 4.59. The number of carbonyl (C=O) groups excluding carboxylic acids is 2. The minimum Gasteiger partial charge on any atom is -0.493 e. The summed E-state index contributed by atoms with van der Waals surface area (Å²) in [4.78, 5) is 26.5. The molecule has 0 saturated carbocycles. The van der Waals surface area contributed by atoms with Crippen LogP contribution in [0.4, 0.5) is 0 Å². The van der Waals surface area contributed by atoms with Crippen LogP contribution in [0.25, 0.3) is 0 Å². The third kappa shape index (κ3) is 2.67. The summed E-state index contributed by atoms with van der Waals surface area (Å²) in [7, 11) is 0. The Morgan fingerprint density at radius 1 is 1.38 bits per heavy atom. The molecule has 1 amide bonds. The SMILES string of the molecule is CCC1CN(C(=O)C2CCOc3ccccc32)CCC1=O. The smallest absolute Gasteiger partial charge is 0.230 e. The van der Waals surface area contributed by atoms with Crippen LogP contribution < -0.4 is 4.74 Å². The lowest BCUT2D eigenvalue weighted by Gasteiger charge is -2.35. The van der Waals surface area contributed by atoms with Crippen molar-refractivity contribution in [1.29, 1.82) is 0 Å². The van der Waals surface area contributed by atoms with E-state index in [2.05, 4.69) is 0 Å². The molecule has 0 radical (unpaired) electrons. The fourth-order valence-corrected chi connectivity index (χ4v) is 3.28. The predicted molar refractivity (Wildman–Crippen MR) is 79.3 cm³/mol. The normalized spacial score (nSPS) is 25.2. The van der Waals surface area contributed by atoms with Gasteiger partial charge >= 0.3 is 0 Å². The summed E-state index contributed by atoms with van der Waals surface area (Å²) in [5.74, 6) is 1.16. The van der Waals surface area contributed by atoms with Gasteiger partial charge in [-0.3, -0.25) is 9.59 Å². The first kappa shape index (κ1) is 14.1. The molecule has 21 heavy (non-hydrogen) atoms. The van der Waals surface area contributed by atoms with Gasteiger partial charge in [-0.15, -0.1) is 0 Å². The second-order valence-corrected chi connectivity index (χ2v) is 5.83. The highest BCUT2D eigenvalue weighted by atomic mass is 16.5. The lowest BCUT2D eigenvalue weighted by Crippen LogP contribution is -2.46. The molecule has 0 N–H and O–H groups in total. The number of benzene rings is 1. The molecule has 0 aromatic heterocycles. The maximum atomic E-state index is 12.8. The molecule has 2 atom stereocenters. The summed E-state index contributed by atoms with van der Waals surface area (Å²) in [5, 5.41) is 0. The Kier molecular flexibility index (Phi) is 3.95. The highest BCUT2D eigenvalue weighted by molar-refractivity contribution is 5.88. The molecule has 0 aliphatic carbocycles. The first-order chi connectivity index (χ1) is 10.2. The number of hydrogen-bond acceptors (Lipinski definition) is 3. The molecule has 4 heteroatoms. The number of hydrogen-bond donors (Lipinski definition) is 0. The molecule has 0 spiro atoms. The highest BCUT2D eigenvalue weighted by Gasteiger charge is 2.35. The number of piperidine rings is 1. The van der Waals surface area contributed by atoms with Crippen LogP contribution in [0.1, 0.15) is 37.7 Å². The number of rotatable bonds is 2. The van der Waals surface area contributed by atoms with Crippen LogP contribution in [0, 0.1) is 5.92 Å².